The van der Waals surface area contributed by atoms with Crippen molar-refractivity contribution in [3.63, 3.8) is 0 Å². The number of hydrogen-bond acceptors (Lipinski definition) is 6. The molecule has 0 fully saturated rings. The maximum Gasteiger partial charge on any atom is 0.326 e. The summed E-state index contributed by atoms with van der Waals surface area (Å²) >= 11 is 0. The van der Waals surface area contributed by atoms with E-state index in [1.54, 1.807) is 30.3 Å². The van der Waals surface area contributed by atoms with Crippen LogP contribution in [0.5, 0.6) is 11.5 Å². The predicted molar refractivity (Wildman–Crippen MR) is 121 cm³/mol. The van der Waals surface area contributed by atoms with Crippen LogP contribution in [-0.4, -0.2) is 43.6 Å². The predicted octanol–water partition coefficient (Wildman–Crippen LogP) is 3.35. The lowest BCUT2D eigenvalue weighted by atomic mass is 10.1. The van der Waals surface area contributed by atoms with Crippen molar-refractivity contribution in [1.29, 1.82) is 0 Å². The summed E-state index contributed by atoms with van der Waals surface area (Å²) in [7, 11) is 0. The fraction of sp³-hybridized carbons (Fsp3) is 0.375. The molecule has 0 aliphatic rings. The molecule has 0 saturated heterocycles. The van der Waals surface area contributed by atoms with Gasteiger partial charge >= 0.3 is 5.97 Å². The number of anilines is 1. The zero-order valence-corrected chi connectivity index (χ0v) is 18.9. The number of aryl methyl sites for hydroxylation is 1. The van der Waals surface area contributed by atoms with Gasteiger partial charge in [0.1, 0.15) is 6.54 Å². The molecule has 0 spiro atoms. The van der Waals surface area contributed by atoms with Crippen molar-refractivity contribution >= 4 is 23.5 Å². The summed E-state index contributed by atoms with van der Waals surface area (Å²) < 4.78 is 16.1. The van der Waals surface area contributed by atoms with Gasteiger partial charge in [0.25, 0.3) is 11.8 Å². The third-order valence-electron chi connectivity index (χ3n) is 4.51. The number of amides is 2. The lowest BCUT2D eigenvalue weighted by molar-refractivity contribution is -0.152. The molecule has 2 aromatic carbocycles. The minimum Gasteiger partial charge on any atom is -0.490 e. The summed E-state index contributed by atoms with van der Waals surface area (Å²) in [5.74, 6) is -0.671. The maximum atomic E-state index is 12.4. The molecule has 0 heterocycles. The topological polar surface area (TPSA) is 103 Å². The van der Waals surface area contributed by atoms with Gasteiger partial charge in [-0.05, 0) is 63.1 Å². The van der Waals surface area contributed by atoms with Crippen LogP contribution in [0.3, 0.4) is 0 Å². The highest BCUT2D eigenvalue weighted by molar-refractivity contribution is 5.97. The number of carbonyl (C=O) groups excluding carboxylic acids is 3. The summed E-state index contributed by atoms with van der Waals surface area (Å²) in [6.07, 6.45) is -0.113. The molecule has 1 unspecified atom stereocenters. The van der Waals surface area contributed by atoms with Gasteiger partial charge in [-0.1, -0.05) is 19.1 Å². The van der Waals surface area contributed by atoms with E-state index in [0.717, 1.165) is 12.0 Å². The van der Waals surface area contributed by atoms with E-state index in [-0.39, 0.29) is 6.54 Å². The van der Waals surface area contributed by atoms with Crippen LogP contribution in [0.15, 0.2) is 42.5 Å². The lowest BCUT2D eigenvalue weighted by Gasteiger charge is -2.14. The van der Waals surface area contributed by atoms with E-state index in [1.165, 1.54) is 6.92 Å². The van der Waals surface area contributed by atoms with Crippen LogP contribution >= 0.6 is 0 Å². The Morgan fingerprint density at radius 1 is 0.906 bits per heavy atom. The number of benzene rings is 2. The van der Waals surface area contributed by atoms with Crippen molar-refractivity contribution in [2.24, 2.45) is 0 Å². The van der Waals surface area contributed by atoms with Gasteiger partial charge in [-0.25, -0.2) is 0 Å². The van der Waals surface area contributed by atoms with Gasteiger partial charge in [0, 0.05) is 11.3 Å². The van der Waals surface area contributed by atoms with Gasteiger partial charge in [-0.3, -0.25) is 14.4 Å². The Morgan fingerprint density at radius 3 is 2.19 bits per heavy atom. The molecule has 2 amide bonds. The number of hydrogen-bond donors (Lipinski definition) is 2. The Bertz CT molecular complexity index is 927. The Balaban J connectivity index is 1.86. The Hall–Kier alpha value is -3.55. The van der Waals surface area contributed by atoms with Gasteiger partial charge in [0.05, 0.1) is 13.2 Å². The number of ether oxygens (including phenoxy) is 3. The number of rotatable bonds is 11. The van der Waals surface area contributed by atoms with Crippen molar-refractivity contribution in [3.8, 4) is 11.5 Å². The standard InChI is InChI=1S/C24H30N2O6/c1-5-17-8-11-19(12-9-17)26-23(28)16(4)32-22(27)15-25-24(29)18-10-13-20(30-6-2)21(14-18)31-7-3/h8-14,16H,5-7,15H2,1-4H3,(H,25,29)(H,26,28). The molecule has 8 heteroatoms. The second kappa shape index (κ2) is 12.3. The lowest BCUT2D eigenvalue weighted by Crippen LogP contribution is -2.35. The number of esters is 1. The molecule has 32 heavy (non-hydrogen) atoms. The molecule has 2 N–H and O–H groups in total. The smallest absolute Gasteiger partial charge is 0.326 e. The molecule has 8 nitrogen and oxygen atoms in total. The van der Waals surface area contributed by atoms with Crippen molar-refractivity contribution in [3.05, 3.63) is 53.6 Å². The second-order valence-electron chi connectivity index (χ2n) is 6.88. The molecule has 0 aliphatic carbocycles. The van der Waals surface area contributed by atoms with Crippen LogP contribution in [0.25, 0.3) is 0 Å². The van der Waals surface area contributed by atoms with E-state index in [0.29, 0.717) is 36.0 Å². The van der Waals surface area contributed by atoms with Gasteiger partial charge in [0.15, 0.2) is 17.6 Å². The molecule has 0 bridgehead atoms. The molecule has 2 rings (SSSR count). The van der Waals surface area contributed by atoms with Gasteiger partial charge in [-0.2, -0.15) is 0 Å². The third kappa shape index (κ3) is 7.30. The largest absolute Gasteiger partial charge is 0.490 e. The molecule has 2 aromatic rings. The summed E-state index contributed by atoms with van der Waals surface area (Å²) in [5, 5.41) is 5.18. The van der Waals surface area contributed by atoms with E-state index < -0.39 is 23.9 Å². The van der Waals surface area contributed by atoms with Crippen molar-refractivity contribution in [2.75, 3.05) is 25.1 Å². The average Bonchev–Trinajstić information content (AvgIpc) is 2.79. The second-order valence-corrected chi connectivity index (χ2v) is 6.88. The first-order valence-electron chi connectivity index (χ1n) is 10.6. The third-order valence-corrected chi connectivity index (χ3v) is 4.51. The van der Waals surface area contributed by atoms with Crippen LogP contribution in [0.2, 0.25) is 0 Å². The fourth-order valence-electron chi connectivity index (χ4n) is 2.81. The molecule has 0 radical (unpaired) electrons. The van der Waals surface area contributed by atoms with Gasteiger partial charge in [-0.15, -0.1) is 0 Å². The van der Waals surface area contributed by atoms with Crippen molar-refractivity contribution in [1.82, 2.24) is 5.32 Å². The molecule has 0 saturated carbocycles. The first-order valence-corrected chi connectivity index (χ1v) is 10.6. The summed E-state index contributed by atoms with van der Waals surface area (Å²) in [6.45, 7) is 7.70. The maximum absolute atomic E-state index is 12.4. The van der Waals surface area contributed by atoms with Crippen molar-refractivity contribution < 1.29 is 28.6 Å². The van der Waals surface area contributed by atoms with Crippen LogP contribution in [0.1, 0.15) is 43.6 Å². The van der Waals surface area contributed by atoms with Crippen LogP contribution < -0.4 is 20.1 Å². The highest BCUT2D eigenvalue weighted by Gasteiger charge is 2.19. The number of carbonyl (C=O) groups is 3. The van der Waals surface area contributed by atoms with Crippen LogP contribution in [0, 0.1) is 0 Å². The molecular weight excluding hydrogens is 412 g/mol. The quantitative estimate of drug-likeness (QED) is 0.518. The molecular formula is C24H30N2O6. The minimum atomic E-state index is -1.01. The average molecular weight is 443 g/mol. The fourth-order valence-corrected chi connectivity index (χ4v) is 2.81. The zero-order valence-electron chi connectivity index (χ0n) is 18.9. The minimum absolute atomic E-state index is 0.311. The Morgan fingerprint density at radius 2 is 1.56 bits per heavy atom. The molecule has 0 aromatic heterocycles. The van der Waals surface area contributed by atoms with Gasteiger partial charge < -0.3 is 24.8 Å². The first-order chi connectivity index (χ1) is 15.4. The first kappa shape index (κ1) is 24.7. The number of nitrogens with one attached hydrogen (secondary N) is 2. The summed E-state index contributed by atoms with van der Waals surface area (Å²) in [6, 6.07) is 12.2. The SMILES string of the molecule is CCOc1ccc(C(=O)NCC(=O)OC(C)C(=O)Nc2ccc(CC)cc2)cc1OCC. The summed E-state index contributed by atoms with van der Waals surface area (Å²) in [4.78, 5) is 36.7. The monoisotopic (exact) mass is 442 g/mol. The van der Waals surface area contributed by atoms with Crippen LogP contribution in [-0.2, 0) is 20.7 Å². The van der Waals surface area contributed by atoms with Gasteiger partial charge in [0.2, 0.25) is 0 Å². The molecule has 1 atom stereocenters. The Kier molecular flexibility index (Phi) is 9.53. The van der Waals surface area contributed by atoms with Crippen molar-refractivity contribution in [2.45, 2.75) is 40.2 Å². The highest BCUT2D eigenvalue weighted by Crippen LogP contribution is 2.28. The summed E-state index contributed by atoms with van der Waals surface area (Å²) in [5.41, 5.74) is 2.08. The Labute approximate surface area is 188 Å². The van der Waals surface area contributed by atoms with E-state index in [4.69, 9.17) is 14.2 Å². The van der Waals surface area contributed by atoms with E-state index >= 15 is 0 Å². The van der Waals surface area contributed by atoms with E-state index in [2.05, 4.69) is 10.6 Å². The van der Waals surface area contributed by atoms with E-state index in [9.17, 15) is 14.4 Å². The highest BCUT2D eigenvalue weighted by atomic mass is 16.5. The van der Waals surface area contributed by atoms with Crippen LogP contribution in [0.4, 0.5) is 5.69 Å². The normalized spacial score (nSPS) is 11.2. The van der Waals surface area contributed by atoms with E-state index in [1.807, 2.05) is 32.9 Å². The zero-order chi connectivity index (χ0) is 23.5. The molecule has 0 aliphatic heterocycles. The molecule has 172 valence electrons.